The van der Waals surface area contributed by atoms with Crippen molar-refractivity contribution in [1.82, 2.24) is 10.2 Å². The zero-order valence-electron chi connectivity index (χ0n) is 10.4. The fraction of sp³-hybridized carbons (Fsp3) is 0.917. The van der Waals surface area contributed by atoms with Gasteiger partial charge in [0.2, 0.25) is 5.91 Å². The summed E-state index contributed by atoms with van der Waals surface area (Å²) >= 11 is 0. The van der Waals surface area contributed by atoms with Crippen molar-refractivity contribution in [3.05, 3.63) is 0 Å². The average Bonchev–Trinajstić information content (AvgIpc) is 2.46. The molecule has 1 fully saturated rings. The van der Waals surface area contributed by atoms with Crippen LogP contribution in [-0.4, -0.2) is 29.6 Å². The van der Waals surface area contributed by atoms with Gasteiger partial charge < -0.3 is 4.90 Å². The summed E-state index contributed by atoms with van der Waals surface area (Å²) < 4.78 is 0. The molecule has 1 saturated heterocycles. The molecule has 3 atom stereocenters. The number of rotatable bonds is 5. The van der Waals surface area contributed by atoms with Gasteiger partial charge in [-0.2, -0.15) is 0 Å². The van der Waals surface area contributed by atoms with Crippen LogP contribution in [0.15, 0.2) is 0 Å². The molecule has 0 aromatic rings. The molecule has 0 aromatic heterocycles. The maximum Gasteiger partial charge on any atom is 0.241 e. The van der Waals surface area contributed by atoms with Gasteiger partial charge in [0.25, 0.3) is 0 Å². The van der Waals surface area contributed by atoms with E-state index in [1.54, 1.807) is 0 Å². The zero-order chi connectivity index (χ0) is 11.4. The number of amides is 1. The lowest BCUT2D eigenvalue weighted by molar-refractivity contribution is -0.130. The second-order valence-corrected chi connectivity index (χ2v) is 4.69. The first-order valence-electron chi connectivity index (χ1n) is 6.16. The SMILES string of the molecule is CCCC1NC(C)N(CC(C)CC)C1=O. The van der Waals surface area contributed by atoms with Gasteiger partial charge in [0.05, 0.1) is 12.2 Å². The third-order valence-electron chi connectivity index (χ3n) is 3.27. The van der Waals surface area contributed by atoms with E-state index in [0.29, 0.717) is 11.8 Å². The fourth-order valence-electron chi connectivity index (χ4n) is 2.05. The van der Waals surface area contributed by atoms with Crippen LogP contribution < -0.4 is 5.32 Å². The number of carbonyl (C=O) groups excluding carboxylic acids is 1. The number of carbonyl (C=O) groups is 1. The molecule has 1 N–H and O–H groups in total. The van der Waals surface area contributed by atoms with Crippen LogP contribution in [0.3, 0.4) is 0 Å². The molecule has 0 aromatic carbocycles. The molecule has 3 heteroatoms. The van der Waals surface area contributed by atoms with Crippen LogP contribution in [0.1, 0.15) is 47.0 Å². The number of hydrogen-bond acceptors (Lipinski definition) is 2. The minimum absolute atomic E-state index is 0.0639. The molecule has 1 aliphatic rings. The molecule has 0 bridgehead atoms. The van der Waals surface area contributed by atoms with E-state index in [9.17, 15) is 4.79 Å². The topological polar surface area (TPSA) is 32.3 Å². The van der Waals surface area contributed by atoms with Crippen molar-refractivity contribution in [2.45, 2.75) is 59.2 Å². The lowest BCUT2D eigenvalue weighted by Gasteiger charge is -2.24. The molecular weight excluding hydrogens is 188 g/mol. The summed E-state index contributed by atoms with van der Waals surface area (Å²) in [6.07, 6.45) is 3.37. The number of nitrogens with zero attached hydrogens (tertiary/aromatic N) is 1. The third-order valence-corrected chi connectivity index (χ3v) is 3.27. The third kappa shape index (κ3) is 2.94. The highest BCUT2D eigenvalue weighted by Crippen LogP contribution is 2.17. The van der Waals surface area contributed by atoms with Crippen molar-refractivity contribution >= 4 is 5.91 Å². The maximum absolute atomic E-state index is 12.0. The van der Waals surface area contributed by atoms with Crippen molar-refractivity contribution < 1.29 is 4.79 Å². The molecule has 0 saturated carbocycles. The van der Waals surface area contributed by atoms with E-state index in [1.165, 1.54) is 0 Å². The Morgan fingerprint density at radius 1 is 1.47 bits per heavy atom. The summed E-state index contributed by atoms with van der Waals surface area (Å²) in [5.41, 5.74) is 0. The van der Waals surface area contributed by atoms with E-state index in [0.717, 1.165) is 25.8 Å². The first-order chi connectivity index (χ1) is 7.10. The van der Waals surface area contributed by atoms with Crippen molar-refractivity contribution in [1.29, 1.82) is 0 Å². The van der Waals surface area contributed by atoms with Crippen LogP contribution in [0.2, 0.25) is 0 Å². The summed E-state index contributed by atoms with van der Waals surface area (Å²) in [6, 6.07) is 0.0639. The Labute approximate surface area is 93.2 Å². The Bertz CT molecular complexity index is 218. The highest BCUT2D eigenvalue weighted by Gasteiger charge is 2.35. The summed E-state index contributed by atoms with van der Waals surface area (Å²) in [6.45, 7) is 9.47. The number of hydrogen-bond donors (Lipinski definition) is 1. The van der Waals surface area contributed by atoms with Crippen LogP contribution in [0.5, 0.6) is 0 Å². The zero-order valence-corrected chi connectivity index (χ0v) is 10.4. The second kappa shape index (κ2) is 5.50. The van der Waals surface area contributed by atoms with Crippen molar-refractivity contribution in [2.24, 2.45) is 5.92 Å². The minimum Gasteiger partial charge on any atom is -0.326 e. The summed E-state index contributed by atoms with van der Waals surface area (Å²) in [7, 11) is 0. The Morgan fingerprint density at radius 3 is 2.67 bits per heavy atom. The second-order valence-electron chi connectivity index (χ2n) is 4.69. The van der Waals surface area contributed by atoms with Gasteiger partial charge in [-0.25, -0.2) is 0 Å². The van der Waals surface area contributed by atoms with Crippen LogP contribution >= 0.6 is 0 Å². The molecule has 0 spiro atoms. The summed E-state index contributed by atoms with van der Waals surface area (Å²) in [4.78, 5) is 14.0. The molecule has 0 radical (unpaired) electrons. The van der Waals surface area contributed by atoms with E-state index >= 15 is 0 Å². The highest BCUT2D eigenvalue weighted by atomic mass is 16.2. The van der Waals surface area contributed by atoms with Crippen molar-refractivity contribution in [2.75, 3.05) is 6.54 Å². The number of nitrogens with one attached hydrogen (secondary N) is 1. The molecule has 15 heavy (non-hydrogen) atoms. The van der Waals surface area contributed by atoms with Crippen molar-refractivity contribution in [3.8, 4) is 0 Å². The highest BCUT2D eigenvalue weighted by molar-refractivity contribution is 5.84. The molecule has 0 aliphatic carbocycles. The Morgan fingerprint density at radius 2 is 2.13 bits per heavy atom. The van der Waals surface area contributed by atoms with Gasteiger partial charge >= 0.3 is 0 Å². The van der Waals surface area contributed by atoms with Crippen molar-refractivity contribution in [3.63, 3.8) is 0 Å². The lowest BCUT2D eigenvalue weighted by Crippen LogP contribution is -2.37. The molecule has 1 amide bonds. The van der Waals surface area contributed by atoms with Crippen LogP contribution in [0.25, 0.3) is 0 Å². The van der Waals surface area contributed by atoms with E-state index in [2.05, 4.69) is 33.0 Å². The quantitative estimate of drug-likeness (QED) is 0.755. The van der Waals surface area contributed by atoms with Gasteiger partial charge in [0.15, 0.2) is 0 Å². The van der Waals surface area contributed by atoms with Crippen LogP contribution in [0.4, 0.5) is 0 Å². The maximum atomic E-state index is 12.0. The predicted octanol–water partition coefficient (Wildman–Crippen LogP) is 1.98. The molecule has 1 rings (SSSR count). The Hall–Kier alpha value is -0.570. The summed E-state index contributed by atoms with van der Waals surface area (Å²) in [5, 5.41) is 3.36. The molecule has 1 heterocycles. The van der Waals surface area contributed by atoms with E-state index in [-0.39, 0.29) is 12.2 Å². The largest absolute Gasteiger partial charge is 0.326 e. The molecular formula is C12H24N2O. The van der Waals surface area contributed by atoms with Crippen LogP contribution in [-0.2, 0) is 4.79 Å². The average molecular weight is 212 g/mol. The first kappa shape index (κ1) is 12.5. The van der Waals surface area contributed by atoms with E-state index < -0.39 is 0 Å². The molecule has 3 nitrogen and oxygen atoms in total. The van der Waals surface area contributed by atoms with Gasteiger partial charge in [-0.1, -0.05) is 33.6 Å². The van der Waals surface area contributed by atoms with Gasteiger partial charge in [0, 0.05) is 6.54 Å². The smallest absolute Gasteiger partial charge is 0.241 e. The van der Waals surface area contributed by atoms with Gasteiger partial charge in [-0.15, -0.1) is 0 Å². The van der Waals surface area contributed by atoms with Gasteiger partial charge in [0.1, 0.15) is 0 Å². The first-order valence-corrected chi connectivity index (χ1v) is 6.16. The van der Waals surface area contributed by atoms with Gasteiger partial charge in [-0.05, 0) is 19.3 Å². The standard InChI is InChI=1S/C12H24N2O/c1-5-7-11-12(15)14(10(4)13-11)8-9(3)6-2/h9-11,13H,5-8H2,1-4H3. The van der Waals surface area contributed by atoms with Gasteiger partial charge in [-0.3, -0.25) is 10.1 Å². The Balaban J connectivity index is 2.54. The molecule has 3 unspecified atom stereocenters. The normalized spacial score (nSPS) is 28.5. The lowest BCUT2D eigenvalue weighted by atomic mass is 10.1. The van der Waals surface area contributed by atoms with E-state index in [1.807, 2.05) is 4.90 Å². The molecule has 88 valence electrons. The Kier molecular flexibility index (Phi) is 4.58. The van der Waals surface area contributed by atoms with E-state index in [4.69, 9.17) is 0 Å². The fourth-order valence-corrected chi connectivity index (χ4v) is 2.05. The minimum atomic E-state index is 0.0639. The predicted molar refractivity (Wildman–Crippen MR) is 62.5 cm³/mol. The summed E-state index contributed by atoms with van der Waals surface area (Å²) in [5.74, 6) is 0.892. The monoisotopic (exact) mass is 212 g/mol. The van der Waals surface area contributed by atoms with Crippen LogP contribution in [0, 0.1) is 5.92 Å². The molecule has 1 aliphatic heterocycles.